The van der Waals surface area contributed by atoms with Crippen LogP contribution >= 0.6 is 7.60 Å². The maximum atomic E-state index is 14.4. The minimum atomic E-state index is -4.17. The van der Waals surface area contributed by atoms with E-state index in [2.05, 4.69) is 15.0 Å². The van der Waals surface area contributed by atoms with Crippen molar-refractivity contribution in [2.75, 3.05) is 18.6 Å². The number of anilines is 1. The molecule has 2 unspecified atom stereocenters. The fourth-order valence-corrected chi connectivity index (χ4v) is 6.61. The summed E-state index contributed by atoms with van der Waals surface area (Å²) in [7, 11) is -4.17. The molecule has 1 fully saturated rings. The molecular formula is C25H33FN5O9P. The number of aliphatic hydroxyl groups is 2. The van der Waals surface area contributed by atoms with Gasteiger partial charge in [-0.3, -0.25) is 23.7 Å². The second-order valence-electron chi connectivity index (χ2n) is 10.2. The lowest BCUT2D eigenvalue weighted by molar-refractivity contribution is -0.151. The summed E-state index contributed by atoms with van der Waals surface area (Å²) in [6.45, 7) is 4.77. The van der Waals surface area contributed by atoms with Crippen LogP contribution in [0.3, 0.4) is 0 Å². The Morgan fingerprint density at radius 3 is 2.61 bits per heavy atom. The van der Waals surface area contributed by atoms with Crippen LogP contribution in [0.4, 0.5) is 10.3 Å². The van der Waals surface area contributed by atoms with Crippen molar-refractivity contribution in [1.82, 2.24) is 19.5 Å². The van der Waals surface area contributed by atoms with Crippen LogP contribution in [0.2, 0.25) is 0 Å². The van der Waals surface area contributed by atoms with Gasteiger partial charge >= 0.3 is 13.6 Å². The molecule has 3 aromatic rings. The number of nitrogen functional groups attached to an aromatic ring is 1. The molecule has 0 saturated carbocycles. The SMILES string of the molecule is CC(C)OC(=O)[C@H](C)CP(=O)(Oc1ccccc1)O[C@H](C)[C@H]1O[C@@H](n2cnc3c(=O)[nH]c(N)nc32)C(O)(CF)[C@H]1O. The number of fused-ring (bicyclic) bond motifs is 1. The summed E-state index contributed by atoms with van der Waals surface area (Å²) in [4.78, 5) is 34.9. The highest BCUT2D eigenvalue weighted by atomic mass is 31.2. The van der Waals surface area contributed by atoms with Crippen LogP contribution in [0.25, 0.3) is 11.2 Å². The highest BCUT2D eigenvalue weighted by molar-refractivity contribution is 7.54. The summed E-state index contributed by atoms with van der Waals surface area (Å²) in [5.74, 6) is -1.59. The van der Waals surface area contributed by atoms with Crippen molar-refractivity contribution in [2.45, 2.75) is 63.9 Å². The summed E-state index contributed by atoms with van der Waals surface area (Å²) in [6.07, 6.45) is -5.98. The largest absolute Gasteiger partial charge is 0.463 e. The predicted octanol–water partition coefficient (Wildman–Crippen LogP) is 1.93. The van der Waals surface area contributed by atoms with E-state index in [0.717, 1.165) is 10.9 Å². The minimum Gasteiger partial charge on any atom is -0.463 e. The highest BCUT2D eigenvalue weighted by Crippen LogP contribution is 2.53. The van der Waals surface area contributed by atoms with Crippen molar-refractivity contribution in [3.63, 3.8) is 0 Å². The number of benzene rings is 1. The first-order valence-corrected chi connectivity index (χ1v) is 14.6. The third-order valence-corrected chi connectivity index (χ3v) is 8.62. The molecule has 41 heavy (non-hydrogen) atoms. The number of para-hydroxylation sites is 1. The molecule has 0 spiro atoms. The maximum absolute atomic E-state index is 14.4. The van der Waals surface area contributed by atoms with Gasteiger partial charge in [-0.2, -0.15) is 4.98 Å². The number of nitrogens with two attached hydrogens (primary N) is 1. The standard InChI is InChI=1S/C25H33FN5O9P/c1-13(2)37-22(34)14(3)10-41(36,40-16-8-6-5-7-9-16)39-15(4)18-19(32)25(35,11-26)23(38-18)31-12-28-17-20(31)29-24(27)30-21(17)33/h5-9,12-15,18-19,23,32,35H,10-11H2,1-4H3,(H3,27,29,30,33)/t14-,15-,18-,19+,23-,25?,41?/m1/s1. The smallest absolute Gasteiger partial charge is 0.380 e. The van der Waals surface area contributed by atoms with Crippen molar-refractivity contribution >= 4 is 30.7 Å². The van der Waals surface area contributed by atoms with Gasteiger partial charge in [0.15, 0.2) is 23.0 Å². The zero-order valence-corrected chi connectivity index (χ0v) is 23.7. The zero-order chi connectivity index (χ0) is 30.1. The molecule has 7 atom stereocenters. The first-order valence-electron chi connectivity index (χ1n) is 12.8. The van der Waals surface area contributed by atoms with E-state index in [1.54, 1.807) is 44.2 Å². The molecule has 1 aliphatic rings. The van der Waals surface area contributed by atoms with Crippen LogP contribution in [-0.2, 0) is 23.4 Å². The predicted molar refractivity (Wildman–Crippen MR) is 144 cm³/mol. The fraction of sp³-hybridized carbons (Fsp3) is 0.520. The Balaban J connectivity index is 1.63. The van der Waals surface area contributed by atoms with E-state index in [1.165, 1.54) is 13.8 Å². The highest BCUT2D eigenvalue weighted by Gasteiger charge is 2.59. The Kier molecular flexibility index (Phi) is 8.85. The van der Waals surface area contributed by atoms with Crippen LogP contribution < -0.4 is 15.8 Å². The summed E-state index contributed by atoms with van der Waals surface area (Å²) in [6, 6.07) is 8.11. The second kappa shape index (κ2) is 11.9. The number of nitrogens with one attached hydrogen (secondary N) is 1. The molecule has 1 saturated heterocycles. The van der Waals surface area contributed by atoms with Crippen molar-refractivity contribution < 1.29 is 42.5 Å². The average Bonchev–Trinajstić information content (AvgIpc) is 3.42. The van der Waals surface area contributed by atoms with E-state index >= 15 is 0 Å². The Morgan fingerprint density at radius 2 is 1.98 bits per heavy atom. The lowest BCUT2D eigenvalue weighted by Gasteiger charge is -2.30. The van der Waals surface area contributed by atoms with Crippen LogP contribution in [0.15, 0.2) is 41.5 Å². The molecule has 5 N–H and O–H groups in total. The van der Waals surface area contributed by atoms with Gasteiger partial charge in [0.2, 0.25) is 5.95 Å². The Labute approximate surface area is 234 Å². The molecule has 224 valence electrons. The first-order chi connectivity index (χ1) is 19.3. The number of hydrogen-bond acceptors (Lipinski definition) is 12. The Hall–Kier alpha value is -3.36. The number of aromatic nitrogens is 4. The Bertz CT molecular complexity index is 1490. The van der Waals surface area contributed by atoms with Gasteiger partial charge in [-0.15, -0.1) is 0 Å². The first kappa shape index (κ1) is 30.6. The molecule has 16 heteroatoms. The molecule has 14 nitrogen and oxygen atoms in total. The van der Waals surface area contributed by atoms with Gasteiger partial charge in [-0.1, -0.05) is 25.1 Å². The quantitative estimate of drug-likeness (QED) is 0.185. The zero-order valence-electron chi connectivity index (χ0n) is 22.8. The van der Waals surface area contributed by atoms with Gasteiger partial charge < -0.3 is 29.9 Å². The van der Waals surface area contributed by atoms with Gasteiger partial charge in [-0.05, 0) is 32.9 Å². The molecule has 0 bridgehead atoms. The normalized spacial score (nSPS) is 25.6. The number of carbonyl (C=O) groups is 1. The lowest BCUT2D eigenvalue weighted by atomic mass is 9.93. The molecule has 1 aromatic carbocycles. The van der Waals surface area contributed by atoms with Gasteiger partial charge in [-0.25, -0.2) is 13.9 Å². The number of aliphatic hydroxyl groups excluding tert-OH is 1. The van der Waals surface area contributed by atoms with E-state index in [1.807, 2.05) is 0 Å². The van der Waals surface area contributed by atoms with Crippen molar-refractivity contribution in [3.05, 3.63) is 47.0 Å². The number of alkyl halides is 1. The molecule has 2 aromatic heterocycles. The van der Waals surface area contributed by atoms with Gasteiger partial charge in [0.1, 0.15) is 24.6 Å². The number of carbonyl (C=O) groups excluding carboxylic acids is 1. The number of ether oxygens (including phenoxy) is 2. The number of rotatable bonds is 11. The third kappa shape index (κ3) is 6.28. The summed E-state index contributed by atoms with van der Waals surface area (Å²) < 4.78 is 52.1. The Morgan fingerprint density at radius 1 is 1.29 bits per heavy atom. The van der Waals surface area contributed by atoms with Crippen molar-refractivity contribution in [2.24, 2.45) is 5.92 Å². The molecule has 1 aliphatic heterocycles. The molecular weight excluding hydrogens is 564 g/mol. The van der Waals surface area contributed by atoms with Gasteiger partial charge in [0.05, 0.1) is 30.6 Å². The minimum absolute atomic E-state index is 0.125. The number of aromatic amines is 1. The number of esters is 1. The molecule has 4 rings (SSSR count). The van der Waals surface area contributed by atoms with Gasteiger partial charge in [0.25, 0.3) is 5.56 Å². The van der Waals surface area contributed by atoms with Gasteiger partial charge in [0, 0.05) is 0 Å². The van der Waals surface area contributed by atoms with Crippen molar-refractivity contribution in [1.29, 1.82) is 0 Å². The maximum Gasteiger partial charge on any atom is 0.380 e. The number of H-pyrrole nitrogens is 1. The van der Waals surface area contributed by atoms with Crippen LogP contribution in [0, 0.1) is 5.92 Å². The average molecular weight is 598 g/mol. The number of halogens is 1. The topological polar surface area (TPSA) is 201 Å². The summed E-state index contributed by atoms with van der Waals surface area (Å²) >= 11 is 0. The molecule has 3 heterocycles. The monoisotopic (exact) mass is 597 g/mol. The van der Waals surface area contributed by atoms with E-state index in [9.17, 15) is 28.8 Å². The van der Waals surface area contributed by atoms with E-state index in [4.69, 9.17) is 24.3 Å². The molecule has 0 amide bonds. The molecule has 0 radical (unpaired) electrons. The van der Waals surface area contributed by atoms with Crippen molar-refractivity contribution in [3.8, 4) is 5.75 Å². The van der Waals surface area contributed by atoms with E-state index < -0.39 is 74.1 Å². The number of imidazole rings is 1. The lowest BCUT2D eigenvalue weighted by Crippen LogP contribution is -2.50. The second-order valence-corrected chi connectivity index (χ2v) is 12.2. The van der Waals surface area contributed by atoms with Crippen LogP contribution in [0.5, 0.6) is 5.75 Å². The summed E-state index contributed by atoms with van der Waals surface area (Å²) in [5, 5.41) is 22.2. The number of hydrogen-bond donors (Lipinski definition) is 4. The van der Waals surface area contributed by atoms with Crippen LogP contribution in [-0.4, -0.2) is 78.6 Å². The van der Waals surface area contributed by atoms with E-state index in [0.29, 0.717) is 0 Å². The van der Waals surface area contributed by atoms with Crippen LogP contribution in [0.1, 0.15) is 33.9 Å². The third-order valence-electron chi connectivity index (χ3n) is 6.48. The summed E-state index contributed by atoms with van der Waals surface area (Å²) in [5.41, 5.74) is 2.14. The fourth-order valence-electron chi connectivity index (χ4n) is 4.52. The molecule has 0 aliphatic carbocycles. The number of nitrogens with zero attached hydrogens (tertiary/aromatic N) is 3. The van der Waals surface area contributed by atoms with E-state index in [-0.39, 0.29) is 22.9 Å².